The highest BCUT2D eigenvalue weighted by Gasteiger charge is 2.27. The van der Waals surface area contributed by atoms with Crippen molar-refractivity contribution in [3.63, 3.8) is 0 Å². The number of ether oxygens (including phenoxy) is 1. The molecule has 0 aliphatic heterocycles. The number of aryl methyl sites for hydroxylation is 3. The highest BCUT2D eigenvalue weighted by atomic mass is 16.5. The number of methoxy groups -OCH3 is 1. The molecule has 36 heavy (non-hydrogen) atoms. The van der Waals surface area contributed by atoms with Crippen LogP contribution in [-0.4, -0.2) is 28.5 Å². The average Bonchev–Trinajstić information content (AvgIpc) is 2.82. The second-order valence-corrected chi connectivity index (χ2v) is 9.71. The third-order valence-corrected chi connectivity index (χ3v) is 6.28. The summed E-state index contributed by atoms with van der Waals surface area (Å²) in [4.78, 5) is 43.0. The van der Waals surface area contributed by atoms with E-state index in [1.54, 1.807) is 18.6 Å². The van der Waals surface area contributed by atoms with E-state index in [1.165, 1.54) is 17.7 Å². The fourth-order valence-electron chi connectivity index (χ4n) is 4.46. The van der Waals surface area contributed by atoms with Gasteiger partial charge in [0.1, 0.15) is 6.04 Å². The van der Waals surface area contributed by atoms with Crippen molar-refractivity contribution in [1.29, 1.82) is 0 Å². The monoisotopic (exact) mass is 489 g/mol. The maximum absolute atomic E-state index is 13.6. The van der Waals surface area contributed by atoms with Crippen LogP contribution >= 0.6 is 0 Å². The maximum Gasteiger partial charge on any atom is 0.307 e. The highest BCUT2D eigenvalue weighted by molar-refractivity contribution is 5.82. The van der Waals surface area contributed by atoms with E-state index in [0.717, 1.165) is 27.8 Å². The molecule has 0 bridgehead atoms. The number of nitrogens with one attached hydrogen (secondary N) is 1. The van der Waals surface area contributed by atoms with Crippen LogP contribution in [0.15, 0.2) is 59.8 Å². The molecule has 2 heterocycles. The average molecular weight is 490 g/mol. The van der Waals surface area contributed by atoms with Gasteiger partial charge in [-0.25, -0.2) is 0 Å². The van der Waals surface area contributed by atoms with Crippen LogP contribution in [0.5, 0.6) is 0 Å². The van der Waals surface area contributed by atoms with Crippen molar-refractivity contribution in [3.05, 3.63) is 87.6 Å². The molecule has 0 aliphatic carbocycles. The van der Waals surface area contributed by atoms with Crippen molar-refractivity contribution in [2.45, 2.75) is 59.5 Å². The van der Waals surface area contributed by atoms with Crippen LogP contribution in [0.1, 0.15) is 61.0 Å². The first-order chi connectivity index (χ1) is 17.1. The van der Waals surface area contributed by atoms with Gasteiger partial charge in [-0.05, 0) is 73.1 Å². The lowest BCUT2D eigenvalue weighted by Crippen LogP contribution is -2.40. The summed E-state index contributed by atoms with van der Waals surface area (Å²) >= 11 is 0. The Labute approximate surface area is 212 Å². The molecular weight excluding hydrogens is 454 g/mol. The Balaban J connectivity index is 2.00. The van der Waals surface area contributed by atoms with Gasteiger partial charge in [0, 0.05) is 30.2 Å². The lowest BCUT2D eigenvalue weighted by molar-refractivity contribution is -0.141. The molecule has 3 aromatic rings. The van der Waals surface area contributed by atoms with E-state index in [1.807, 2.05) is 65.0 Å². The Bertz CT molecular complexity index is 1280. The second kappa shape index (κ2) is 11.8. The second-order valence-electron chi connectivity index (χ2n) is 9.71. The quantitative estimate of drug-likeness (QED) is 0.434. The Hall–Kier alpha value is -3.74. The van der Waals surface area contributed by atoms with Gasteiger partial charge in [0.2, 0.25) is 5.91 Å². The van der Waals surface area contributed by atoms with Crippen LogP contribution < -0.4 is 10.9 Å². The molecule has 0 aliphatic rings. The van der Waals surface area contributed by atoms with Crippen molar-refractivity contribution < 1.29 is 14.3 Å². The van der Waals surface area contributed by atoms with E-state index >= 15 is 0 Å². The van der Waals surface area contributed by atoms with E-state index in [9.17, 15) is 14.4 Å². The molecule has 1 unspecified atom stereocenters. The SMILES string of the molecule is COC(=O)C[C@@H](NC(=O)C(CC(C)C)n1ccc(C)cc1=O)c1cncc(-c2c(C)cccc2C)c1. The van der Waals surface area contributed by atoms with Crippen LogP contribution in [0.25, 0.3) is 11.1 Å². The first kappa shape index (κ1) is 26.9. The molecule has 3 rings (SSSR count). The number of nitrogens with zero attached hydrogens (tertiary/aromatic N) is 2. The Morgan fingerprint density at radius 1 is 1.06 bits per heavy atom. The number of pyridine rings is 2. The van der Waals surface area contributed by atoms with E-state index in [2.05, 4.69) is 10.3 Å². The largest absolute Gasteiger partial charge is 0.469 e. The summed E-state index contributed by atoms with van der Waals surface area (Å²) in [6.45, 7) is 9.93. The van der Waals surface area contributed by atoms with Crippen molar-refractivity contribution in [2.24, 2.45) is 5.92 Å². The number of hydrogen-bond acceptors (Lipinski definition) is 5. The number of esters is 1. The number of hydrogen-bond donors (Lipinski definition) is 1. The summed E-state index contributed by atoms with van der Waals surface area (Å²) < 4.78 is 6.37. The van der Waals surface area contributed by atoms with Crippen LogP contribution in [-0.2, 0) is 14.3 Å². The summed E-state index contributed by atoms with van der Waals surface area (Å²) in [6, 6.07) is 9.98. The van der Waals surface area contributed by atoms with Crippen molar-refractivity contribution in [3.8, 4) is 11.1 Å². The molecule has 7 heteroatoms. The predicted molar refractivity (Wildman–Crippen MR) is 141 cm³/mol. The molecule has 0 spiro atoms. The topological polar surface area (TPSA) is 90.3 Å². The van der Waals surface area contributed by atoms with E-state index in [4.69, 9.17) is 4.74 Å². The molecule has 2 aromatic heterocycles. The van der Waals surface area contributed by atoms with Gasteiger partial charge in [0.05, 0.1) is 19.6 Å². The molecule has 0 radical (unpaired) electrons. The lowest BCUT2D eigenvalue weighted by atomic mass is 9.94. The summed E-state index contributed by atoms with van der Waals surface area (Å²) in [7, 11) is 1.32. The lowest BCUT2D eigenvalue weighted by Gasteiger charge is -2.25. The summed E-state index contributed by atoms with van der Waals surface area (Å²) in [5.74, 6) is -0.617. The molecule has 0 fully saturated rings. The smallest absolute Gasteiger partial charge is 0.307 e. The fourth-order valence-corrected chi connectivity index (χ4v) is 4.46. The zero-order valence-corrected chi connectivity index (χ0v) is 21.9. The Kier molecular flexibility index (Phi) is 8.80. The van der Waals surface area contributed by atoms with E-state index in [-0.39, 0.29) is 23.8 Å². The van der Waals surface area contributed by atoms with Crippen molar-refractivity contribution in [1.82, 2.24) is 14.9 Å². The third kappa shape index (κ3) is 6.47. The summed E-state index contributed by atoms with van der Waals surface area (Å²) in [5, 5.41) is 3.01. The highest BCUT2D eigenvalue weighted by Crippen LogP contribution is 2.29. The van der Waals surface area contributed by atoms with Crippen molar-refractivity contribution >= 4 is 11.9 Å². The maximum atomic E-state index is 13.6. The third-order valence-electron chi connectivity index (χ3n) is 6.28. The summed E-state index contributed by atoms with van der Waals surface area (Å²) in [5.41, 5.74) is 5.47. The Morgan fingerprint density at radius 3 is 2.36 bits per heavy atom. The molecule has 1 amide bonds. The number of carbonyl (C=O) groups excluding carboxylic acids is 2. The van der Waals surface area contributed by atoms with Gasteiger partial charge in [-0.15, -0.1) is 0 Å². The summed E-state index contributed by atoms with van der Waals surface area (Å²) in [6.07, 6.45) is 5.50. The zero-order chi connectivity index (χ0) is 26.4. The van der Waals surface area contributed by atoms with Gasteiger partial charge in [-0.1, -0.05) is 32.0 Å². The van der Waals surface area contributed by atoms with Crippen LogP contribution in [0.3, 0.4) is 0 Å². The first-order valence-electron chi connectivity index (χ1n) is 12.2. The number of amides is 1. The van der Waals surface area contributed by atoms with Gasteiger partial charge in [-0.2, -0.15) is 0 Å². The number of carbonyl (C=O) groups is 2. The number of benzene rings is 1. The van der Waals surface area contributed by atoms with Gasteiger partial charge in [0.15, 0.2) is 0 Å². The molecule has 190 valence electrons. The standard InChI is InChI=1S/C29H35N3O4/c1-18(2)12-25(32-11-10-19(3)13-26(32)33)29(35)31-24(15-27(34)36-6)22-14-23(17-30-16-22)28-20(4)8-7-9-21(28)5/h7-11,13-14,16-18,24-25H,12,15H2,1-6H3,(H,31,35)/t24-,25?/m1/s1. The number of rotatable bonds is 9. The fraction of sp³-hybridized carbons (Fsp3) is 0.379. The predicted octanol–water partition coefficient (Wildman–Crippen LogP) is 4.84. The first-order valence-corrected chi connectivity index (χ1v) is 12.2. The van der Waals surface area contributed by atoms with Gasteiger partial charge < -0.3 is 14.6 Å². The molecule has 0 saturated heterocycles. The van der Waals surface area contributed by atoms with Crippen LogP contribution in [0, 0.1) is 26.7 Å². The van der Waals surface area contributed by atoms with Gasteiger partial charge in [0.25, 0.3) is 5.56 Å². The molecule has 2 atom stereocenters. The van der Waals surface area contributed by atoms with E-state index < -0.39 is 18.1 Å². The minimum absolute atomic E-state index is 0.0582. The van der Waals surface area contributed by atoms with Crippen molar-refractivity contribution in [2.75, 3.05) is 7.11 Å². The van der Waals surface area contributed by atoms with Gasteiger partial charge in [-0.3, -0.25) is 19.4 Å². The van der Waals surface area contributed by atoms with Crippen LogP contribution in [0.4, 0.5) is 0 Å². The Morgan fingerprint density at radius 2 is 1.75 bits per heavy atom. The molecular formula is C29H35N3O4. The minimum atomic E-state index is -0.715. The molecule has 7 nitrogen and oxygen atoms in total. The van der Waals surface area contributed by atoms with E-state index in [0.29, 0.717) is 12.0 Å². The zero-order valence-electron chi connectivity index (χ0n) is 21.9. The van der Waals surface area contributed by atoms with Crippen LogP contribution in [0.2, 0.25) is 0 Å². The van der Waals surface area contributed by atoms with Gasteiger partial charge >= 0.3 is 5.97 Å². The molecule has 0 saturated carbocycles. The molecule has 1 aromatic carbocycles. The number of aromatic nitrogens is 2. The molecule has 1 N–H and O–H groups in total. The normalized spacial score (nSPS) is 12.8. The minimum Gasteiger partial charge on any atom is -0.469 e.